The van der Waals surface area contributed by atoms with E-state index < -0.39 is 0 Å². The standard InChI is InChI=1S/C23H31N3O2/c1-6-25(7-2)21-10-8-20(9-11-21)24-23(28)12-13-26(19(5)27)22-15-17(3)14-18(4)16-22/h8-11,14-16H,6-7,12-13H2,1-5H3,(H,24,28). The molecular weight excluding hydrogens is 350 g/mol. The predicted molar refractivity (Wildman–Crippen MR) is 117 cm³/mol. The molecule has 2 amide bonds. The summed E-state index contributed by atoms with van der Waals surface area (Å²) in [4.78, 5) is 28.4. The number of nitrogens with one attached hydrogen (secondary N) is 1. The largest absolute Gasteiger partial charge is 0.372 e. The average Bonchev–Trinajstić information content (AvgIpc) is 2.63. The van der Waals surface area contributed by atoms with Crippen molar-refractivity contribution in [2.45, 2.75) is 41.0 Å². The fourth-order valence-electron chi connectivity index (χ4n) is 3.36. The van der Waals surface area contributed by atoms with Crippen molar-refractivity contribution in [3.8, 4) is 0 Å². The molecular formula is C23H31N3O2. The van der Waals surface area contributed by atoms with Crippen LogP contribution < -0.4 is 15.1 Å². The Balaban J connectivity index is 1.98. The van der Waals surface area contributed by atoms with E-state index in [1.54, 1.807) is 4.90 Å². The Bertz CT molecular complexity index is 791. The number of hydrogen-bond acceptors (Lipinski definition) is 3. The first-order chi connectivity index (χ1) is 13.3. The van der Waals surface area contributed by atoms with Crippen LogP contribution in [0.4, 0.5) is 17.1 Å². The quantitative estimate of drug-likeness (QED) is 0.731. The number of rotatable bonds is 8. The van der Waals surface area contributed by atoms with Crippen molar-refractivity contribution in [1.29, 1.82) is 0 Å². The van der Waals surface area contributed by atoms with Gasteiger partial charge in [-0.25, -0.2) is 0 Å². The molecule has 5 nitrogen and oxygen atoms in total. The first-order valence-corrected chi connectivity index (χ1v) is 9.85. The molecule has 150 valence electrons. The number of hydrogen-bond donors (Lipinski definition) is 1. The zero-order valence-corrected chi connectivity index (χ0v) is 17.6. The third-order valence-corrected chi connectivity index (χ3v) is 4.74. The lowest BCUT2D eigenvalue weighted by Crippen LogP contribution is -2.32. The minimum atomic E-state index is -0.105. The Morgan fingerprint density at radius 1 is 0.893 bits per heavy atom. The molecule has 1 N–H and O–H groups in total. The molecule has 2 aromatic rings. The van der Waals surface area contributed by atoms with E-state index in [1.807, 2.05) is 50.2 Å². The molecule has 5 heteroatoms. The van der Waals surface area contributed by atoms with Crippen LogP contribution in [-0.4, -0.2) is 31.4 Å². The first-order valence-electron chi connectivity index (χ1n) is 9.85. The molecule has 0 bridgehead atoms. The number of aryl methyl sites for hydroxylation is 2. The van der Waals surface area contributed by atoms with Gasteiger partial charge in [-0.15, -0.1) is 0 Å². The van der Waals surface area contributed by atoms with E-state index in [1.165, 1.54) is 6.92 Å². The summed E-state index contributed by atoms with van der Waals surface area (Å²) in [5.74, 6) is -0.174. The Hall–Kier alpha value is -2.82. The van der Waals surface area contributed by atoms with Gasteiger partial charge < -0.3 is 15.1 Å². The fraction of sp³-hybridized carbons (Fsp3) is 0.391. The van der Waals surface area contributed by atoms with E-state index in [-0.39, 0.29) is 18.2 Å². The summed E-state index contributed by atoms with van der Waals surface area (Å²) in [6, 6.07) is 13.9. The molecule has 0 saturated heterocycles. The summed E-state index contributed by atoms with van der Waals surface area (Å²) < 4.78 is 0. The van der Waals surface area contributed by atoms with Crippen LogP contribution in [0.15, 0.2) is 42.5 Å². The lowest BCUT2D eigenvalue weighted by molar-refractivity contribution is -0.117. The summed E-state index contributed by atoms with van der Waals surface area (Å²) in [5, 5.41) is 2.92. The third kappa shape index (κ3) is 5.84. The summed E-state index contributed by atoms with van der Waals surface area (Å²) in [5.41, 5.74) is 4.93. The average molecular weight is 382 g/mol. The Labute approximate surface area is 168 Å². The van der Waals surface area contributed by atoms with Crippen LogP contribution in [0.2, 0.25) is 0 Å². The molecule has 0 aliphatic rings. The van der Waals surface area contributed by atoms with Crippen LogP contribution in [-0.2, 0) is 9.59 Å². The molecule has 0 fully saturated rings. The summed E-state index contributed by atoms with van der Waals surface area (Å²) in [6.07, 6.45) is 0.240. The van der Waals surface area contributed by atoms with Gasteiger partial charge in [0.15, 0.2) is 0 Å². The van der Waals surface area contributed by atoms with Crippen molar-refractivity contribution in [2.24, 2.45) is 0 Å². The zero-order valence-electron chi connectivity index (χ0n) is 17.6. The summed E-state index contributed by atoms with van der Waals surface area (Å²) >= 11 is 0. The third-order valence-electron chi connectivity index (χ3n) is 4.74. The van der Waals surface area contributed by atoms with Crippen molar-refractivity contribution in [3.63, 3.8) is 0 Å². The highest BCUT2D eigenvalue weighted by Crippen LogP contribution is 2.20. The first kappa shape index (κ1) is 21.5. The lowest BCUT2D eigenvalue weighted by Gasteiger charge is -2.22. The van der Waals surface area contributed by atoms with Crippen molar-refractivity contribution < 1.29 is 9.59 Å². The molecule has 0 unspecified atom stereocenters. The summed E-state index contributed by atoms with van der Waals surface area (Å²) in [6.45, 7) is 12.0. The van der Waals surface area contributed by atoms with E-state index in [9.17, 15) is 9.59 Å². The molecule has 28 heavy (non-hydrogen) atoms. The number of benzene rings is 2. The topological polar surface area (TPSA) is 52.7 Å². The van der Waals surface area contributed by atoms with Crippen LogP contribution in [0.1, 0.15) is 38.3 Å². The van der Waals surface area contributed by atoms with Gasteiger partial charge in [0.05, 0.1) is 0 Å². The second-order valence-corrected chi connectivity index (χ2v) is 7.03. The Kier molecular flexibility index (Phi) is 7.61. The van der Waals surface area contributed by atoms with Crippen LogP contribution in [0.3, 0.4) is 0 Å². The van der Waals surface area contributed by atoms with Gasteiger partial charge >= 0.3 is 0 Å². The lowest BCUT2D eigenvalue weighted by atomic mass is 10.1. The van der Waals surface area contributed by atoms with Crippen molar-refractivity contribution in [3.05, 3.63) is 53.6 Å². The summed E-state index contributed by atoms with van der Waals surface area (Å²) in [7, 11) is 0. The zero-order chi connectivity index (χ0) is 20.7. The number of amides is 2. The van der Waals surface area contributed by atoms with Gasteiger partial charge in [0.25, 0.3) is 0 Å². The molecule has 0 spiro atoms. The molecule has 0 aromatic heterocycles. The molecule has 2 aromatic carbocycles. The maximum Gasteiger partial charge on any atom is 0.226 e. The van der Waals surface area contributed by atoms with Gasteiger partial charge in [-0.05, 0) is 75.2 Å². The molecule has 0 heterocycles. The SMILES string of the molecule is CCN(CC)c1ccc(NC(=O)CCN(C(C)=O)c2cc(C)cc(C)c2)cc1. The van der Waals surface area contributed by atoms with E-state index in [4.69, 9.17) is 0 Å². The molecule has 0 radical (unpaired) electrons. The van der Waals surface area contributed by atoms with E-state index in [0.29, 0.717) is 6.54 Å². The molecule has 0 aliphatic heterocycles. The van der Waals surface area contributed by atoms with Crippen molar-refractivity contribution in [1.82, 2.24) is 0 Å². The van der Waals surface area contributed by atoms with Crippen molar-refractivity contribution in [2.75, 3.05) is 34.8 Å². The maximum atomic E-state index is 12.4. The van der Waals surface area contributed by atoms with E-state index in [0.717, 1.165) is 41.3 Å². The minimum absolute atomic E-state index is 0.0682. The maximum absolute atomic E-state index is 12.4. The molecule has 0 saturated carbocycles. The smallest absolute Gasteiger partial charge is 0.226 e. The number of nitrogens with zero attached hydrogens (tertiary/aromatic N) is 2. The van der Waals surface area contributed by atoms with Crippen LogP contribution in [0, 0.1) is 13.8 Å². The van der Waals surface area contributed by atoms with Gasteiger partial charge in [-0.3, -0.25) is 9.59 Å². The highest BCUT2D eigenvalue weighted by atomic mass is 16.2. The normalized spacial score (nSPS) is 10.5. The molecule has 0 aliphatic carbocycles. The van der Waals surface area contributed by atoms with Gasteiger partial charge in [0.2, 0.25) is 11.8 Å². The highest BCUT2D eigenvalue weighted by Gasteiger charge is 2.14. The van der Waals surface area contributed by atoms with Crippen LogP contribution >= 0.6 is 0 Å². The van der Waals surface area contributed by atoms with Gasteiger partial charge in [0.1, 0.15) is 0 Å². The predicted octanol–water partition coefficient (Wildman–Crippen LogP) is 4.53. The van der Waals surface area contributed by atoms with E-state index in [2.05, 4.69) is 30.1 Å². The van der Waals surface area contributed by atoms with Crippen LogP contribution in [0.5, 0.6) is 0 Å². The van der Waals surface area contributed by atoms with Crippen LogP contribution in [0.25, 0.3) is 0 Å². The van der Waals surface area contributed by atoms with Gasteiger partial charge in [-0.1, -0.05) is 6.07 Å². The molecule has 0 atom stereocenters. The molecule has 2 rings (SSSR count). The second-order valence-electron chi connectivity index (χ2n) is 7.03. The number of carbonyl (C=O) groups excluding carboxylic acids is 2. The second kappa shape index (κ2) is 9.93. The number of anilines is 3. The highest BCUT2D eigenvalue weighted by molar-refractivity contribution is 5.95. The monoisotopic (exact) mass is 381 g/mol. The van der Waals surface area contributed by atoms with E-state index >= 15 is 0 Å². The fourth-order valence-corrected chi connectivity index (χ4v) is 3.36. The van der Waals surface area contributed by atoms with Gasteiger partial charge in [-0.2, -0.15) is 0 Å². The van der Waals surface area contributed by atoms with Gasteiger partial charge in [0, 0.05) is 50.0 Å². The Morgan fingerprint density at radius 3 is 1.96 bits per heavy atom. The number of carbonyl (C=O) groups is 2. The Morgan fingerprint density at radius 2 is 1.46 bits per heavy atom. The minimum Gasteiger partial charge on any atom is -0.372 e. The van der Waals surface area contributed by atoms with Crippen molar-refractivity contribution >= 4 is 28.9 Å².